The first-order chi connectivity index (χ1) is 7.59. The van der Waals surface area contributed by atoms with E-state index in [0.29, 0.717) is 0 Å². The number of nitrogens with one attached hydrogen (secondary N) is 1. The van der Waals surface area contributed by atoms with Gasteiger partial charge in [0.2, 0.25) is 0 Å². The number of benzene rings is 1. The zero-order valence-corrected chi connectivity index (χ0v) is 9.48. The van der Waals surface area contributed by atoms with Crippen LogP contribution in [-0.2, 0) is 0 Å². The number of halogens is 2. The quantitative estimate of drug-likeness (QED) is 0.797. The van der Waals surface area contributed by atoms with Crippen LogP contribution >= 0.6 is 23.8 Å². The summed E-state index contributed by atoms with van der Waals surface area (Å²) in [5.74, 6) is -0.504. The molecule has 1 aromatic heterocycles. The van der Waals surface area contributed by atoms with Crippen LogP contribution in [0.4, 0.5) is 4.39 Å². The lowest BCUT2D eigenvalue weighted by Gasteiger charge is -2.08. The number of H-pyrrole nitrogens is 1. The van der Waals surface area contributed by atoms with Gasteiger partial charge in [-0.05, 0) is 24.4 Å². The molecule has 0 atom stereocenters. The molecule has 0 saturated heterocycles. The standard InChI is InChI=1S/C10H6ClFN2OS/c11-6-2-1-3-7(12)9(6)14-5-4-8(15)13-10(14)16/h1-5H,(H,13,15,16). The van der Waals surface area contributed by atoms with E-state index in [1.54, 1.807) is 6.07 Å². The van der Waals surface area contributed by atoms with Gasteiger partial charge < -0.3 is 0 Å². The van der Waals surface area contributed by atoms with Crippen molar-refractivity contribution in [2.75, 3.05) is 0 Å². The Morgan fingerprint density at radius 2 is 2.12 bits per heavy atom. The monoisotopic (exact) mass is 256 g/mol. The Kier molecular flexibility index (Phi) is 2.89. The summed E-state index contributed by atoms with van der Waals surface area (Å²) < 4.78 is 15.0. The van der Waals surface area contributed by atoms with E-state index in [1.165, 1.54) is 29.0 Å². The molecular weight excluding hydrogens is 251 g/mol. The Morgan fingerprint density at radius 1 is 1.38 bits per heavy atom. The number of hydrogen-bond donors (Lipinski definition) is 1. The fraction of sp³-hybridized carbons (Fsp3) is 0. The third-order valence-electron chi connectivity index (χ3n) is 2.00. The zero-order valence-electron chi connectivity index (χ0n) is 7.91. The van der Waals surface area contributed by atoms with Crippen LogP contribution in [0, 0.1) is 10.6 Å². The van der Waals surface area contributed by atoms with Crippen molar-refractivity contribution >= 4 is 23.8 Å². The second-order valence-corrected chi connectivity index (χ2v) is 3.84. The summed E-state index contributed by atoms with van der Waals surface area (Å²) in [6.45, 7) is 0. The molecule has 0 spiro atoms. The van der Waals surface area contributed by atoms with Gasteiger partial charge in [-0.1, -0.05) is 17.7 Å². The van der Waals surface area contributed by atoms with Crippen molar-refractivity contribution in [1.82, 2.24) is 9.55 Å². The van der Waals surface area contributed by atoms with Gasteiger partial charge in [0.05, 0.1) is 5.02 Å². The first-order valence-corrected chi connectivity index (χ1v) is 5.14. The van der Waals surface area contributed by atoms with Gasteiger partial charge in [-0.15, -0.1) is 0 Å². The molecule has 0 saturated carbocycles. The molecule has 0 aliphatic heterocycles. The van der Waals surface area contributed by atoms with Gasteiger partial charge in [0, 0.05) is 12.3 Å². The smallest absolute Gasteiger partial charge is 0.251 e. The summed E-state index contributed by atoms with van der Waals surface area (Å²) in [5.41, 5.74) is -0.209. The van der Waals surface area contributed by atoms with Gasteiger partial charge in [0.1, 0.15) is 11.5 Å². The minimum atomic E-state index is -0.504. The van der Waals surface area contributed by atoms with Crippen LogP contribution in [0.5, 0.6) is 0 Å². The fourth-order valence-electron chi connectivity index (χ4n) is 1.31. The topological polar surface area (TPSA) is 37.8 Å². The molecule has 1 N–H and O–H groups in total. The fourth-order valence-corrected chi connectivity index (χ4v) is 1.82. The van der Waals surface area contributed by atoms with E-state index in [9.17, 15) is 9.18 Å². The van der Waals surface area contributed by atoms with Crippen LogP contribution in [0.1, 0.15) is 0 Å². The van der Waals surface area contributed by atoms with E-state index in [4.69, 9.17) is 23.8 Å². The van der Waals surface area contributed by atoms with Gasteiger partial charge in [-0.2, -0.15) is 0 Å². The molecule has 0 aliphatic carbocycles. The molecular formula is C10H6ClFN2OS. The lowest BCUT2D eigenvalue weighted by molar-refractivity contribution is 0.616. The maximum absolute atomic E-state index is 13.6. The molecule has 2 rings (SSSR count). The van der Waals surface area contributed by atoms with Crippen molar-refractivity contribution in [2.45, 2.75) is 0 Å². The lowest BCUT2D eigenvalue weighted by atomic mass is 10.3. The third-order valence-corrected chi connectivity index (χ3v) is 2.61. The average molecular weight is 257 g/mol. The molecule has 1 aromatic carbocycles. The molecule has 3 nitrogen and oxygen atoms in total. The molecule has 0 fully saturated rings. The van der Waals surface area contributed by atoms with Gasteiger partial charge in [0.15, 0.2) is 4.77 Å². The van der Waals surface area contributed by atoms with Gasteiger partial charge >= 0.3 is 0 Å². The summed E-state index contributed by atoms with van der Waals surface area (Å²) in [7, 11) is 0. The summed E-state index contributed by atoms with van der Waals surface area (Å²) >= 11 is 10.8. The van der Waals surface area contributed by atoms with Crippen LogP contribution in [0.3, 0.4) is 0 Å². The van der Waals surface area contributed by atoms with Crippen LogP contribution in [0.2, 0.25) is 5.02 Å². The van der Waals surface area contributed by atoms with Crippen molar-refractivity contribution in [3.8, 4) is 5.69 Å². The normalized spacial score (nSPS) is 10.4. The number of nitrogens with zero attached hydrogens (tertiary/aromatic N) is 1. The van der Waals surface area contributed by atoms with E-state index in [-0.39, 0.29) is 21.0 Å². The second kappa shape index (κ2) is 4.19. The lowest BCUT2D eigenvalue weighted by Crippen LogP contribution is -2.11. The molecule has 0 amide bonds. The van der Waals surface area contributed by atoms with E-state index >= 15 is 0 Å². The number of aromatic nitrogens is 2. The number of hydrogen-bond acceptors (Lipinski definition) is 2. The Hall–Kier alpha value is -1.46. The minimum absolute atomic E-state index is 0.0968. The highest BCUT2D eigenvalue weighted by Gasteiger charge is 2.08. The van der Waals surface area contributed by atoms with Gasteiger partial charge in [-0.25, -0.2) is 4.39 Å². The predicted molar refractivity (Wildman–Crippen MR) is 62.2 cm³/mol. The van der Waals surface area contributed by atoms with Crippen LogP contribution in [0.15, 0.2) is 35.3 Å². The Balaban J connectivity index is 2.78. The summed E-state index contributed by atoms with van der Waals surface area (Å²) in [5, 5.41) is 0.225. The first kappa shape index (κ1) is 11.0. The Labute approximate surface area is 100 Å². The number of aromatic amines is 1. The van der Waals surface area contributed by atoms with Crippen molar-refractivity contribution in [1.29, 1.82) is 0 Å². The summed E-state index contributed by atoms with van der Waals surface area (Å²) in [4.78, 5) is 13.4. The molecule has 0 aliphatic rings. The predicted octanol–water partition coefficient (Wildman–Crippen LogP) is 2.69. The van der Waals surface area contributed by atoms with Crippen molar-refractivity contribution < 1.29 is 4.39 Å². The summed E-state index contributed by atoms with van der Waals surface area (Å²) in [6.07, 6.45) is 1.38. The maximum atomic E-state index is 13.6. The largest absolute Gasteiger partial charge is 0.299 e. The van der Waals surface area contributed by atoms with Gasteiger partial charge in [-0.3, -0.25) is 14.3 Å². The highest BCUT2D eigenvalue weighted by Crippen LogP contribution is 2.22. The van der Waals surface area contributed by atoms with E-state index in [2.05, 4.69) is 4.98 Å². The van der Waals surface area contributed by atoms with Crippen LogP contribution < -0.4 is 5.56 Å². The van der Waals surface area contributed by atoms with Crippen molar-refractivity contribution in [2.24, 2.45) is 0 Å². The van der Waals surface area contributed by atoms with Gasteiger partial charge in [0.25, 0.3) is 5.56 Å². The number of rotatable bonds is 1. The van der Waals surface area contributed by atoms with Crippen molar-refractivity contribution in [3.63, 3.8) is 0 Å². The minimum Gasteiger partial charge on any atom is -0.299 e. The molecule has 0 bridgehead atoms. The Bertz CT molecular complexity index is 630. The van der Waals surface area contributed by atoms with Crippen LogP contribution in [0.25, 0.3) is 5.69 Å². The average Bonchev–Trinajstić information content (AvgIpc) is 2.20. The number of para-hydroxylation sites is 1. The van der Waals surface area contributed by atoms with E-state index in [0.717, 1.165) is 0 Å². The third kappa shape index (κ3) is 1.91. The highest BCUT2D eigenvalue weighted by atomic mass is 35.5. The maximum Gasteiger partial charge on any atom is 0.251 e. The molecule has 0 unspecified atom stereocenters. The SMILES string of the molecule is O=c1ccn(-c2c(F)cccc2Cl)c(=S)[nH]1. The second-order valence-electron chi connectivity index (χ2n) is 3.05. The first-order valence-electron chi connectivity index (χ1n) is 4.36. The highest BCUT2D eigenvalue weighted by molar-refractivity contribution is 7.71. The van der Waals surface area contributed by atoms with E-state index < -0.39 is 5.82 Å². The zero-order chi connectivity index (χ0) is 11.7. The van der Waals surface area contributed by atoms with Crippen LogP contribution in [-0.4, -0.2) is 9.55 Å². The summed E-state index contributed by atoms with van der Waals surface area (Å²) in [6, 6.07) is 5.57. The van der Waals surface area contributed by atoms with Crippen molar-refractivity contribution in [3.05, 3.63) is 56.4 Å². The van der Waals surface area contributed by atoms with E-state index in [1.807, 2.05) is 0 Å². The molecule has 2 aromatic rings. The molecule has 1 heterocycles. The molecule has 16 heavy (non-hydrogen) atoms. The molecule has 0 radical (unpaired) electrons. The molecule has 6 heteroatoms. The molecule has 82 valence electrons. The Morgan fingerprint density at radius 3 is 2.75 bits per heavy atom.